The van der Waals surface area contributed by atoms with Gasteiger partial charge in [-0.3, -0.25) is 0 Å². The number of halogens is 3. The number of likely N-dealkylation sites (N-methyl/N-ethyl adjacent to an activating group) is 1. The van der Waals surface area contributed by atoms with Crippen molar-refractivity contribution >= 4 is 0 Å². The van der Waals surface area contributed by atoms with Gasteiger partial charge in [-0.1, -0.05) is 0 Å². The Balaban J connectivity index is 2.62. The molecule has 1 unspecified atom stereocenters. The van der Waals surface area contributed by atoms with E-state index < -0.39 is 18.2 Å². The zero-order valence-electron chi connectivity index (χ0n) is 10.3. The van der Waals surface area contributed by atoms with Crippen LogP contribution in [0.5, 0.6) is 0 Å². The van der Waals surface area contributed by atoms with Crippen molar-refractivity contribution in [2.24, 2.45) is 0 Å². The Bertz CT molecular complexity index is 227. The van der Waals surface area contributed by atoms with Crippen molar-refractivity contribution in [2.45, 2.75) is 43.5 Å². The van der Waals surface area contributed by atoms with Crippen molar-refractivity contribution in [3.8, 4) is 0 Å². The van der Waals surface area contributed by atoms with E-state index in [-0.39, 0.29) is 12.5 Å². The second-order valence-corrected chi connectivity index (χ2v) is 4.38. The van der Waals surface area contributed by atoms with E-state index in [1.54, 1.807) is 14.2 Å². The van der Waals surface area contributed by atoms with Crippen molar-refractivity contribution in [1.82, 2.24) is 5.32 Å². The first-order valence-corrected chi connectivity index (χ1v) is 5.80. The fourth-order valence-electron chi connectivity index (χ4n) is 2.39. The van der Waals surface area contributed by atoms with Gasteiger partial charge in [0.1, 0.15) is 0 Å². The summed E-state index contributed by atoms with van der Waals surface area (Å²) in [6, 6.07) is -0.293. The molecule has 102 valence electrons. The highest BCUT2D eigenvalue weighted by molar-refractivity contribution is 4.94. The molecule has 0 saturated carbocycles. The highest BCUT2D eigenvalue weighted by Crippen LogP contribution is 2.32. The van der Waals surface area contributed by atoms with Gasteiger partial charge in [0, 0.05) is 45.6 Å². The van der Waals surface area contributed by atoms with Gasteiger partial charge in [-0.2, -0.15) is 13.2 Å². The zero-order chi connectivity index (χ0) is 12.9. The maximum absolute atomic E-state index is 12.3. The highest BCUT2D eigenvalue weighted by atomic mass is 19.4. The lowest BCUT2D eigenvalue weighted by Gasteiger charge is -2.42. The molecule has 1 aliphatic rings. The summed E-state index contributed by atoms with van der Waals surface area (Å²) in [5.41, 5.74) is -0.530. The zero-order valence-corrected chi connectivity index (χ0v) is 10.3. The molecule has 17 heavy (non-hydrogen) atoms. The first kappa shape index (κ1) is 14.7. The molecule has 1 rings (SSSR count). The quantitative estimate of drug-likeness (QED) is 0.816. The van der Waals surface area contributed by atoms with Crippen molar-refractivity contribution in [2.75, 3.05) is 27.4 Å². The van der Waals surface area contributed by atoms with Crippen LogP contribution in [0, 0.1) is 0 Å². The molecule has 3 nitrogen and oxygen atoms in total. The lowest BCUT2D eigenvalue weighted by molar-refractivity contribution is -0.148. The molecule has 6 heteroatoms. The Hall–Kier alpha value is -0.330. The summed E-state index contributed by atoms with van der Waals surface area (Å²) in [6.45, 7) is 1.08. The van der Waals surface area contributed by atoms with Crippen LogP contribution >= 0.6 is 0 Å². The average Bonchev–Trinajstić information content (AvgIpc) is 2.29. The normalized spacial score (nSPS) is 22.4. The summed E-state index contributed by atoms with van der Waals surface area (Å²) in [4.78, 5) is 0. The lowest BCUT2D eigenvalue weighted by atomic mass is 9.83. The Labute approximate surface area is 99.7 Å². The third-order valence-corrected chi connectivity index (χ3v) is 3.45. The van der Waals surface area contributed by atoms with Crippen molar-refractivity contribution < 1.29 is 22.6 Å². The molecule has 1 atom stereocenters. The fourth-order valence-corrected chi connectivity index (χ4v) is 2.39. The standard InChI is InChI=1S/C11H20F3NO2/c1-15-9(3-4-11(12,13)14)10(16-2)5-7-17-8-6-10/h9,15H,3-8H2,1-2H3. The molecule has 0 radical (unpaired) electrons. The van der Waals surface area contributed by atoms with Crippen LogP contribution in [-0.4, -0.2) is 45.2 Å². The molecule has 0 aliphatic carbocycles. The minimum Gasteiger partial charge on any atom is -0.381 e. The van der Waals surface area contributed by atoms with Gasteiger partial charge < -0.3 is 14.8 Å². The molecular weight excluding hydrogens is 235 g/mol. The van der Waals surface area contributed by atoms with Crippen molar-refractivity contribution in [1.29, 1.82) is 0 Å². The summed E-state index contributed by atoms with van der Waals surface area (Å²) in [6.07, 6.45) is -3.60. The minimum absolute atomic E-state index is 0.0356. The van der Waals surface area contributed by atoms with Crippen LogP contribution in [0.2, 0.25) is 0 Å². The second-order valence-electron chi connectivity index (χ2n) is 4.38. The molecule has 1 fully saturated rings. The van der Waals surface area contributed by atoms with Crippen LogP contribution in [0.4, 0.5) is 13.2 Å². The summed E-state index contributed by atoms with van der Waals surface area (Å²) in [5.74, 6) is 0. The van der Waals surface area contributed by atoms with E-state index in [1.165, 1.54) is 0 Å². The van der Waals surface area contributed by atoms with E-state index in [0.29, 0.717) is 26.1 Å². The van der Waals surface area contributed by atoms with E-state index in [2.05, 4.69) is 5.32 Å². The third-order valence-electron chi connectivity index (χ3n) is 3.45. The van der Waals surface area contributed by atoms with Crippen LogP contribution in [0.1, 0.15) is 25.7 Å². The van der Waals surface area contributed by atoms with Gasteiger partial charge in [0.25, 0.3) is 0 Å². The first-order valence-electron chi connectivity index (χ1n) is 5.80. The van der Waals surface area contributed by atoms with Crippen LogP contribution in [0.25, 0.3) is 0 Å². The Morgan fingerprint density at radius 3 is 2.35 bits per heavy atom. The predicted octanol–water partition coefficient (Wildman–Crippen LogP) is 2.11. The number of alkyl halides is 3. The van der Waals surface area contributed by atoms with Crippen LogP contribution in [0.15, 0.2) is 0 Å². The smallest absolute Gasteiger partial charge is 0.381 e. The van der Waals surface area contributed by atoms with Gasteiger partial charge >= 0.3 is 6.18 Å². The van der Waals surface area contributed by atoms with E-state index in [9.17, 15) is 13.2 Å². The monoisotopic (exact) mass is 255 g/mol. The number of hydrogen-bond donors (Lipinski definition) is 1. The van der Waals surface area contributed by atoms with Crippen LogP contribution < -0.4 is 5.32 Å². The Morgan fingerprint density at radius 2 is 1.94 bits per heavy atom. The topological polar surface area (TPSA) is 30.5 Å². The van der Waals surface area contributed by atoms with E-state index in [0.717, 1.165) is 0 Å². The molecule has 1 saturated heterocycles. The van der Waals surface area contributed by atoms with Gasteiger partial charge in [0.15, 0.2) is 0 Å². The van der Waals surface area contributed by atoms with E-state index in [4.69, 9.17) is 9.47 Å². The molecule has 1 N–H and O–H groups in total. The molecule has 0 aromatic heterocycles. The van der Waals surface area contributed by atoms with Crippen molar-refractivity contribution in [3.05, 3.63) is 0 Å². The summed E-state index contributed by atoms with van der Waals surface area (Å²) >= 11 is 0. The highest BCUT2D eigenvalue weighted by Gasteiger charge is 2.41. The number of nitrogens with one attached hydrogen (secondary N) is 1. The molecule has 1 heterocycles. The van der Waals surface area contributed by atoms with Gasteiger partial charge in [-0.15, -0.1) is 0 Å². The Kier molecular flexibility index (Phi) is 5.22. The second kappa shape index (κ2) is 6.02. The van der Waals surface area contributed by atoms with Gasteiger partial charge in [-0.25, -0.2) is 0 Å². The van der Waals surface area contributed by atoms with Gasteiger partial charge in [0.2, 0.25) is 0 Å². The predicted molar refractivity (Wildman–Crippen MR) is 57.9 cm³/mol. The SMILES string of the molecule is CNC(CCC(F)(F)F)C1(OC)CCOCC1. The molecule has 0 spiro atoms. The maximum Gasteiger partial charge on any atom is 0.389 e. The molecule has 0 bridgehead atoms. The summed E-state index contributed by atoms with van der Waals surface area (Å²) in [5, 5.41) is 2.96. The largest absolute Gasteiger partial charge is 0.389 e. The summed E-state index contributed by atoms with van der Waals surface area (Å²) in [7, 11) is 3.24. The van der Waals surface area contributed by atoms with Gasteiger partial charge in [-0.05, 0) is 13.5 Å². The first-order chi connectivity index (χ1) is 7.93. The molecule has 0 aromatic carbocycles. The van der Waals surface area contributed by atoms with Crippen LogP contribution in [0.3, 0.4) is 0 Å². The minimum atomic E-state index is -4.12. The molecule has 1 aliphatic heterocycles. The molecule has 0 amide bonds. The number of methoxy groups -OCH3 is 1. The van der Waals surface area contributed by atoms with Crippen molar-refractivity contribution in [3.63, 3.8) is 0 Å². The van der Waals surface area contributed by atoms with E-state index in [1.807, 2.05) is 0 Å². The number of ether oxygens (including phenoxy) is 2. The van der Waals surface area contributed by atoms with E-state index >= 15 is 0 Å². The van der Waals surface area contributed by atoms with Crippen LogP contribution in [-0.2, 0) is 9.47 Å². The lowest BCUT2D eigenvalue weighted by Crippen LogP contribution is -2.54. The number of rotatable bonds is 5. The third kappa shape index (κ3) is 4.12. The average molecular weight is 255 g/mol. The fraction of sp³-hybridized carbons (Fsp3) is 1.00. The Morgan fingerprint density at radius 1 is 1.35 bits per heavy atom. The number of hydrogen-bond acceptors (Lipinski definition) is 3. The molecular formula is C11H20F3NO2. The molecule has 0 aromatic rings. The maximum atomic E-state index is 12.3. The summed E-state index contributed by atoms with van der Waals surface area (Å²) < 4.78 is 47.5. The van der Waals surface area contributed by atoms with Gasteiger partial charge in [0.05, 0.1) is 5.60 Å².